The molecular formula is C20H13N3. The van der Waals surface area contributed by atoms with E-state index in [1.54, 1.807) is 6.33 Å². The second-order valence-electron chi connectivity index (χ2n) is 5.61. The van der Waals surface area contributed by atoms with Crippen LogP contribution in [0.3, 0.4) is 0 Å². The van der Waals surface area contributed by atoms with Crippen molar-refractivity contribution in [3.8, 4) is 11.3 Å². The molecule has 5 aromatic rings. The SMILES string of the molecule is c1ccc(-c2cccc3c4ccccc4c4nc[nH]c4c23)nc1. The van der Waals surface area contributed by atoms with Gasteiger partial charge in [0.25, 0.3) is 0 Å². The smallest absolute Gasteiger partial charge is 0.0967 e. The summed E-state index contributed by atoms with van der Waals surface area (Å²) in [6.45, 7) is 0. The number of fused-ring (bicyclic) bond motifs is 6. The molecule has 0 bridgehead atoms. The van der Waals surface area contributed by atoms with E-state index in [1.807, 2.05) is 24.4 Å². The molecule has 0 saturated carbocycles. The van der Waals surface area contributed by atoms with Gasteiger partial charge in [-0.1, -0.05) is 48.5 Å². The lowest BCUT2D eigenvalue weighted by Gasteiger charge is -2.10. The van der Waals surface area contributed by atoms with E-state index in [-0.39, 0.29) is 0 Å². The summed E-state index contributed by atoms with van der Waals surface area (Å²) in [5.41, 5.74) is 4.18. The summed E-state index contributed by atoms with van der Waals surface area (Å²) in [5.74, 6) is 0. The van der Waals surface area contributed by atoms with Gasteiger partial charge in [0.15, 0.2) is 0 Å². The van der Waals surface area contributed by atoms with Gasteiger partial charge in [0, 0.05) is 22.5 Å². The number of pyridine rings is 1. The van der Waals surface area contributed by atoms with E-state index in [2.05, 4.69) is 57.4 Å². The minimum atomic E-state index is 0.976. The van der Waals surface area contributed by atoms with Gasteiger partial charge in [0.05, 0.1) is 23.1 Å². The van der Waals surface area contributed by atoms with Crippen LogP contribution >= 0.6 is 0 Å². The third-order valence-corrected chi connectivity index (χ3v) is 4.37. The molecule has 3 heteroatoms. The van der Waals surface area contributed by atoms with Gasteiger partial charge in [0.2, 0.25) is 0 Å². The molecule has 5 rings (SSSR count). The lowest BCUT2D eigenvalue weighted by atomic mass is 9.95. The summed E-state index contributed by atoms with van der Waals surface area (Å²) < 4.78 is 0. The third-order valence-electron chi connectivity index (χ3n) is 4.37. The molecule has 0 aliphatic heterocycles. The number of imidazole rings is 1. The predicted molar refractivity (Wildman–Crippen MR) is 94.3 cm³/mol. The molecule has 1 N–H and O–H groups in total. The zero-order valence-electron chi connectivity index (χ0n) is 12.3. The first kappa shape index (κ1) is 12.4. The molecule has 0 atom stereocenters. The van der Waals surface area contributed by atoms with E-state index in [1.165, 1.54) is 21.5 Å². The Bertz CT molecular complexity index is 1160. The molecule has 3 nitrogen and oxygen atoms in total. The molecule has 0 aliphatic rings. The topological polar surface area (TPSA) is 41.6 Å². The van der Waals surface area contributed by atoms with E-state index in [0.29, 0.717) is 0 Å². The van der Waals surface area contributed by atoms with Crippen LogP contribution in [-0.4, -0.2) is 15.0 Å². The first-order valence-corrected chi connectivity index (χ1v) is 7.61. The minimum Gasteiger partial charge on any atom is -0.344 e. The lowest BCUT2D eigenvalue weighted by Crippen LogP contribution is -1.88. The van der Waals surface area contributed by atoms with Crippen LogP contribution in [0.1, 0.15) is 0 Å². The van der Waals surface area contributed by atoms with Crippen LogP contribution in [0.25, 0.3) is 43.8 Å². The van der Waals surface area contributed by atoms with Gasteiger partial charge in [-0.3, -0.25) is 4.98 Å². The highest BCUT2D eigenvalue weighted by Gasteiger charge is 2.14. The minimum absolute atomic E-state index is 0.976. The number of nitrogens with zero attached hydrogens (tertiary/aromatic N) is 2. The quantitative estimate of drug-likeness (QED) is 0.445. The van der Waals surface area contributed by atoms with Gasteiger partial charge >= 0.3 is 0 Å². The summed E-state index contributed by atoms with van der Waals surface area (Å²) >= 11 is 0. The average Bonchev–Trinajstić information content (AvgIpc) is 3.12. The Morgan fingerprint density at radius 3 is 2.39 bits per heavy atom. The average molecular weight is 295 g/mol. The van der Waals surface area contributed by atoms with Crippen molar-refractivity contribution in [2.24, 2.45) is 0 Å². The van der Waals surface area contributed by atoms with Crippen molar-refractivity contribution in [1.82, 2.24) is 15.0 Å². The van der Waals surface area contributed by atoms with E-state index < -0.39 is 0 Å². The predicted octanol–water partition coefficient (Wildman–Crippen LogP) is 4.93. The highest BCUT2D eigenvalue weighted by atomic mass is 14.9. The maximum absolute atomic E-state index is 4.56. The van der Waals surface area contributed by atoms with Crippen LogP contribution in [0.15, 0.2) is 73.2 Å². The Hall–Kier alpha value is -3.20. The number of rotatable bonds is 1. The first-order chi connectivity index (χ1) is 11.4. The number of H-pyrrole nitrogens is 1. The molecule has 2 aromatic heterocycles. The fourth-order valence-corrected chi connectivity index (χ4v) is 3.40. The van der Waals surface area contributed by atoms with Gasteiger partial charge in [-0.15, -0.1) is 0 Å². The molecule has 108 valence electrons. The number of aromatic amines is 1. The Morgan fingerprint density at radius 2 is 1.52 bits per heavy atom. The van der Waals surface area contributed by atoms with Crippen molar-refractivity contribution >= 4 is 32.6 Å². The molecule has 0 saturated heterocycles. The Labute approximate surface area is 132 Å². The second kappa shape index (κ2) is 4.65. The summed E-state index contributed by atoms with van der Waals surface area (Å²) in [6, 6.07) is 20.8. The monoisotopic (exact) mass is 295 g/mol. The summed E-state index contributed by atoms with van der Waals surface area (Å²) in [5, 5.41) is 4.80. The van der Waals surface area contributed by atoms with Crippen molar-refractivity contribution in [3.05, 3.63) is 73.2 Å². The molecule has 3 aromatic carbocycles. The highest BCUT2D eigenvalue weighted by Crippen LogP contribution is 2.37. The fraction of sp³-hybridized carbons (Fsp3) is 0. The molecule has 0 spiro atoms. The van der Waals surface area contributed by atoms with Crippen LogP contribution in [0, 0.1) is 0 Å². The van der Waals surface area contributed by atoms with Crippen molar-refractivity contribution in [3.63, 3.8) is 0 Å². The number of hydrogen-bond acceptors (Lipinski definition) is 2. The van der Waals surface area contributed by atoms with Crippen LogP contribution in [0.5, 0.6) is 0 Å². The number of benzene rings is 3. The second-order valence-corrected chi connectivity index (χ2v) is 5.61. The first-order valence-electron chi connectivity index (χ1n) is 7.61. The van der Waals surface area contributed by atoms with E-state index in [9.17, 15) is 0 Å². The van der Waals surface area contributed by atoms with E-state index in [0.717, 1.165) is 22.3 Å². The molecule has 2 heterocycles. The van der Waals surface area contributed by atoms with Crippen molar-refractivity contribution in [1.29, 1.82) is 0 Å². The lowest BCUT2D eigenvalue weighted by molar-refractivity contribution is 1.33. The van der Waals surface area contributed by atoms with Gasteiger partial charge in [-0.25, -0.2) is 4.98 Å². The normalized spacial score (nSPS) is 11.5. The van der Waals surface area contributed by atoms with Crippen molar-refractivity contribution in [2.75, 3.05) is 0 Å². The number of nitrogens with one attached hydrogen (secondary N) is 1. The third kappa shape index (κ3) is 1.70. The van der Waals surface area contributed by atoms with E-state index >= 15 is 0 Å². The summed E-state index contributed by atoms with van der Waals surface area (Å²) in [7, 11) is 0. The number of aromatic nitrogens is 3. The van der Waals surface area contributed by atoms with Crippen LogP contribution in [0.4, 0.5) is 0 Å². The summed E-state index contributed by atoms with van der Waals surface area (Å²) in [4.78, 5) is 12.4. The van der Waals surface area contributed by atoms with Crippen LogP contribution < -0.4 is 0 Å². The Kier molecular flexibility index (Phi) is 2.50. The largest absolute Gasteiger partial charge is 0.344 e. The van der Waals surface area contributed by atoms with E-state index in [4.69, 9.17) is 0 Å². The zero-order valence-corrected chi connectivity index (χ0v) is 12.3. The number of hydrogen-bond donors (Lipinski definition) is 1. The molecule has 0 amide bonds. The Morgan fingerprint density at radius 1 is 0.696 bits per heavy atom. The van der Waals surface area contributed by atoms with Gasteiger partial charge in [0.1, 0.15) is 0 Å². The molecule has 23 heavy (non-hydrogen) atoms. The molecule has 0 radical (unpaired) electrons. The van der Waals surface area contributed by atoms with Gasteiger partial charge in [-0.05, 0) is 22.9 Å². The maximum Gasteiger partial charge on any atom is 0.0967 e. The van der Waals surface area contributed by atoms with Gasteiger partial charge < -0.3 is 4.98 Å². The zero-order chi connectivity index (χ0) is 15.2. The maximum atomic E-state index is 4.56. The van der Waals surface area contributed by atoms with Crippen molar-refractivity contribution in [2.45, 2.75) is 0 Å². The van der Waals surface area contributed by atoms with Crippen molar-refractivity contribution < 1.29 is 0 Å². The van der Waals surface area contributed by atoms with Crippen LogP contribution in [0.2, 0.25) is 0 Å². The highest BCUT2D eigenvalue weighted by molar-refractivity contribution is 6.26. The fourth-order valence-electron chi connectivity index (χ4n) is 3.40. The molecule has 0 aliphatic carbocycles. The molecule has 0 unspecified atom stereocenters. The standard InChI is InChI=1S/C20H13N3/c1-2-7-15-13(6-1)14-8-5-9-16(17-10-3-4-11-21-17)18(14)20-19(15)22-12-23-20/h1-12H,(H,22,23). The van der Waals surface area contributed by atoms with Crippen LogP contribution in [-0.2, 0) is 0 Å². The molecule has 0 fully saturated rings. The summed E-state index contributed by atoms with van der Waals surface area (Å²) in [6.07, 6.45) is 3.60. The Balaban J connectivity index is 2.07. The van der Waals surface area contributed by atoms with Gasteiger partial charge in [-0.2, -0.15) is 0 Å². The molecular weight excluding hydrogens is 282 g/mol.